The Bertz CT molecular complexity index is 525. The second kappa shape index (κ2) is 8.31. The molecule has 1 atom stereocenters. The number of piperidine rings is 1. The number of β-amino-alcohol motifs (C(OH)–C–C–N with tert-alkyl or cyclic N) is 1. The number of anilines is 1. The van der Waals surface area contributed by atoms with Crippen LogP contribution in [0.3, 0.4) is 0 Å². The second-order valence-electron chi connectivity index (χ2n) is 6.77. The van der Waals surface area contributed by atoms with Crippen molar-refractivity contribution in [3.8, 4) is 0 Å². The average Bonchev–Trinajstić information content (AvgIpc) is 2.51. The van der Waals surface area contributed by atoms with E-state index in [1.807, 2.05) is 32.0 Å². The Morgan fingerprint density at radius 3 is 2.65 bits per heavy atom. The highest BCUT2D eigenvalue weighted by molar-refractivity contribution is 5.89. The van der Waals surface area contributed by atoms with Gasteiger partial charge in [0.25, 0.3) is 0 Å². The summed E-state index contributed by atoms with van der Waals surface area (Å²) in [6, 6.07) is 5.53. The summed E-state index contributed by atoms with van der Waals surface area (Å²) in [5.41, 5.74) is 3.11. The lowest BCUT2D eigenvalue weighted by Crippen LogP contribution is -2.43. The molecule has 1 saturated heterocycles. The molecule has 1 aliphatic heterocycles. The summed E-state index contributed by atoms with van der Waals surface area (Å²) >= 11 is 0. The summed E-state index contributed by atoms with van der Waals surface area (Å²) in [4.78, 5) is 14.2. The number of urea groups is 1. The first-order chi connectivity index (χ1) is 10.9. The van der Waals surface area contributed by atoms with Gasteiger partial charge in [0.05, 0.1) is 6.10 Å². The van der Waals surface area contributed by atoms with Crippen molar-refractivity contribution >= 4 is 11.7 Å². The molecule has 5 heteroatoms. The number of carbonyl (C=O) groups is 1. The van der Waals surface area contributed by atoms with Crippen LogP contribution >= 0.6 is 0 Å². The van der Waals surface area contributed by atoms with E-state index in [-0.39, 0.29) is 12.6 Å². The van der Waals surface area contributed by atoms with E-state index in [2.05, 4.69) is 22.5 Å². The van der Waals surface area contributed by atoms with Crippen molar-refractivity contribution in [3.63, 3.8) is 0 Å². The Morgan fingerprint density at radius 2 is 2.00 bits per heavy atom. The molecule has 3 N–H and O–H groups in total. The van der Waals surface area contributed by atoms with Crippen LogP contribution in [-0.4, -0.2) is 48.3 Å². The largest absolute Gasteiger partial charge is 0.390 e. The van der Waals surface area contributed by atoms with Crippen molar-refractivity contribution < 1.29 is 9.90 Å². The first-order valence-corrected chi connectivity index (χ1v) is 8.46. The predicted molar refractivity (Wildman–Crippen MR) is 93.8 cm³/mol. The minimum atomic E-state index is -0.533. The molecule has 0 aromatic heterocycles. The second-order valence-corrected chi connectivity index (χ2v) is 6.77. The number of hydrogen-bond donors (Lipinski definition) is 3. The Kier molecular flexibility index (Phi) is 6.42. The predicted octanol–water partition coefficient (Wildman–Crippen LogP) is 2.52. The standard InChI is InChI=1S/C18H29N3O2/c1-13-6-8-21(9-7-13)12-17(22)11-19-18(23)20-16-5-4-14(2)15(3)10-16/h4-5,10,13,17,22H,6-9,11-12H2,1-3H3,(H2,19,20,23). The normalized spacial score (nSPS) is 17.7. The first kappa shape index (κ1) is 17.8. The van der Waals surface area contributed by atoms with Crippen LogP contribution in [0.4, 0.5) is 10.5 Å². The molecule has 128 valence electrons. The van der Waals surface area contributed by atoms with Crippen LogP contribution in [0.2, 0.25) is 0 Å². The molecule has 1 aromatic rings. The van der Waals surface area contributed by atoms with Crippen LogP contribution in [0.5, 0.6) is 0 Å². The molecular formula is C18H29N3O2. The number of amides is 2. The number of carbonyl (C=O) groups excluding carboxylic acids is 1. The molecule has 0 spiro atoms. The van der Waals surface area contributed by atoms with Gasteiger partial charge >= 0.3 is 6.03 Å². The molecule has 5 nitrogen and oxygen atoms in total. The minimum absolute atomic E-state index is 0.267. The lowest BCUT2D eigenvalue weighted by atomic mass is 9.99. The third kappa shape index (κ3) is 5.84. The maximum Gasteiger partial charge on any atom is 0.319 e. The van der Waals surface area contributed by atoms with Crippen molar-refractivity contribution in [1.82, 2.24) is 10.2 Å². The van der Waals surface area contributed by atoms with Gasteiger partial charge < -0.3 is 20.6 Å². The molecule has 2 rings (SSSR count). The van der Waals surface area contributed by atoms with E-state index >= 15 is 0 Å². The minimum Gasteiger partial charge on any atom is -0.390 e. The van der Waals surface area contributed by atoms with Crippen molar-refractivity contribution in [1.29, 1.82) is 0 Å². The van der Waals surface area contributed by atoms with Gasteiger partial charge in [-0.05, 0) is 69.0 Å². The van der Waals surface area contributed by atoms with E-state index in [1.165, 1.54) is 18.4 Å². The Labute approximate surface area is 139 Å². The van der Waals surface area contributed by atoms with E-state index in [0.717, 1.165) is 30.3 Å². The highest BCUT2D eigenvalue weighted by atomic mass is 16.3. The monoisotopic (exact) mass is 319 g/mol. The molecule has 1 aromatic carbocycles. The topological polar surface area (TPSA) is 64.6 Å². The highest BCUT2D eigenvalue weighted by Gasteiger charge is 2.18. The molecule has 2 amide bonds. The van der Waals surface area contributed by atoms with Gasteiger partial charge in [-0.3, -0.25) is 0 Å². The van der Waals surface area contributed by atoms with E-state index in [0.29, 0.717) is 6.54 Å². The summed E-state index contributed by atoms with van der Waals surface area (Å²) < 4.78 is 0. The van der Waals surface area contributed by atoms with Gasteiger partial charge in [0.15, 0.2) is 0 Å². The van der Waals surface area contributed by atoms with E-state index < -0.39 is 6.10 Å². The fraction of sp³-hybridized carbons (Fsp3) is 0.611. The third-order valence-electron chi connectivity index (χ3n) is 4.61. The third-order valence-corrected chi connectivity index (χ3v) is 4.61. The lowest BCUT2D eigenvalue weighted by Gasteiger charge is -2.31. The number of aliphatic hydroxyl groups is 1. The number of nitrogens with zero attached hydrogens (tertiary/aromatic N) is 1. The van der Waals surface area contributed by atoms with Crippen LogP contribution < -0.4 is 10.6 Å². The Morgan fingerprint density at radius 1 is 1.30 bits per heavy atom. The zero-order chi connectivity index (χ0) is 16.8. The van der Waals surface area contributed by atoms with E-state index in [1.54, 1.807) is 0 Å². The Balaban J connectivity index is 1.70. The number of rotatable bonds is 5. The average molecular weight is 319 g/mol. The highest BCUT2D eigenvalue weighted by Crippen LogP contribution is 2.16. The summed E-state index contributed by atoms with van der Waals surface area (Å²) in [6.07, 6.45) is 1.84. The fourth-order valence-corrected chi connectivity index (χ4v) is 2.81. The van der Waals surface area contributed by atoms with E-state index in [9.17, 15) is 9.90 Å². The quantitative estimate of drug-likeness (QED) is 0.781. The maximum absolute atomic E-state index is 11.9. The van der Waals surface area contributed by atoms with Crippen molar-refractivity contribution in [2.45, 2.75) is 39.7 Å². The molecule has 1 unspecified atom stereocenters. The molecule has 23 heavy (non-hydrogen) atoms. The number of benzene rings is 1. The molecule has 0 radical (unpaired) electrons. The van der Waals surface area contributed by atoms with Crippen LogP contribution in [0.15, 0.2) is 18.2 Å². The van der Waals surface area contributed by atoms with Gasteiger partial charge in [-0.2, -0.15) is 0 Å². The SMILES string of the molecule is Cc1ccc(NC(=O)NCC(O)CN2CCC(C)CC2)cc1C. The molecule has 1 fully saturated rings. The lowest BCUT2D eigenvalue weighted by molar-refractivity contribution is 0.0924. The van der Waals surface area contributed by atoms with Crippen molar-refractivity contribution in [2.24, 2.45) is 5.92 Å². The number of aliphatic hydroxyl groups excluding tert-OH is 1. The molecular weight excluding hydrogens is 290 g/mol. The van der Waals surface area contributed by atoms with Gasteiger partial charge in [-0.1, -0.05) is 13.0 Å². The molecule has 0 saturated carbocycles. The molecule has 1 aliphatic rings. The van der Waals surface area contributed by atoms with E-state index in [4.69, 9.17) is 0 Å². The van der Waals surface area contributed by atoms with Gasteiger partial charge in [0.2, 0.25) is 0 Å². The van der Waals surface area contributed by atoms with Crippen molar-refractivity contribution in [3.05, 3.63) is 29.3 Å². The number of likely N-dealkylation sites (tertiary alicyclic amines) is 1. The summed E-state index contributed by atoms with van der Waals surface area (Å²) in [5, 5.41) is 15.6. The van der Waals surface area contributed by atoms with Crippen LogP contribution in [0, 0.1) is 19.8 Å². The van der Waals surface area contributed by atoms with Gasteiger partial charge in [-0.25, -0.2) is 4.79 Å². The van der Waals surface area contributed by atoms with Gasteiger partial charge in [0, 0.05) is 18.8 Å². The first-order valence-electron chi connectivity index (χ1n) is 8.46. The fourth-order valence-electron chi connectivity index (χ4n) is 2.81. The molecule has 1 heterocycles. The van der Waals surface area contributed by atoms with Gasteiger partial charge in [-0.15, -0.1) is 0 Å². The Hall–Kier alpha value is -1.59. The summed E-state index contributed by atoms with van der Waals surface area (Å²) in [5.74, 6) is 0.783. The van der Waals surface area contributed by atoms with Crippen molar-refractivity contribution in [2.75, 3.05) is 31.5 Å². The number of nitrogens with one attached hydrogen (secondary N) is 2. The zero-order valence-electron chi connectivity index (χ0n) is 14.4. The van der Waals surface area contributed by atoms with Gasteiger partial charge in [0.1, 0.15) is 0 Å². The number of hydrogen-bond acceptors (Lipinski definition) is 3. The summed E-state index contributed by atoms with van der Waals surface area (Å²) in [6.45, 7) is 9.28. The van der Waals surface area contributed by atoms with Crippen LogP contribution in [-0.2, 0) is 0 Å². The molecule has 0 aliphatic carbocycles. The summed E-state index contributed by atoms with van der Waals surface area (Å²) in [7, 11) is 0. The number of aryl methyl sites for hydroxylation is 2. The zero-order valence-corrected chi connectivity index (χ0v) is 14.4. The maximum atomic E-state index is 11.9. The van der Waals surface area contributed by atoms with Crippen LogP contribution in [0.25, 0.3) is 0 Å². The van der Waals surface area contributed by atoms with Crippen LogP contribution in [0.1, 0.15) is 30.9 Å². The molecule has 0 bridgehead atoms. The smallest absolute Gasteiger partial charge is 0.319 e.